The molecule has 1 saturated heterocycles. The summed E-state index contributed by atoms with van der Waals surface area (Å²) in [6.07, 6.45) is 4.52. The molecule has 0 N–H and O–H groups in total. The van der Waals surface area contributed by atoms with Gasteiger partial charge in [-0.1, -0.05) is 49.4 Å². The first-order valence-corrected chi connectivity index (χ1v) is 13.7. The summed E-state index contributed by atoms with van der Waals surface area (Å²) in [5, 5.41) is 0.577. The number of allylic oxidation sites excluding steroid dienone is 2. The predicted molar refractivity (Wildman–Crippen MR) is 155 cm³/mol. The van der Waals surface area contributed by atoms with Crippen molar-refractivity contribution in [1.82, 2.24) is 4.98 Å². The van der Waals surface area contributed by atoms with Crippen molar-refractivity contribution in [3.8, 4) is 11.3 Å². The number of ketones is 1. The highest BCUT2D eigenvalue weighted by molar-refractivity contribution is 6.22. The third-order valence-electron chi connectivity index (χ3n) is 8.06. The molecule has 2 aliphatic rings. The second kappa shape index (κ2) is 10.8. The van der Waals surface area contributed by atoms with Crippen molar-refractivity contribution in [1.29, 1.82) is 0 Å². The maximum atomic E-state index is 13.2. The summed E-state index contributed by atoms with van der Waals surface area (Å²) < 4.78 is 18.6. The van der Waals surface area contributed by atoms with E-state index in [0.717, 1.165) is 5.56 Å². The number of anilines is 1. The summed E-state index contributed by atoms with van der Waals surface area (Å²) in [5.41, 5.74) is 3.58. The number of halogens is 1. The van der Waals surface area contributed by atoms with Crippen LogP contribution in [-0.4, -0.2) is 35.2 Å². The molecule has 6 rings (SSSR count). The van der Waals surface area contributed by atoms with Gasteiger partial charge in [-0.25, -0.2) is 14.2 Å². The second-order valence-electron chi connectivity index (χ2n) is 10.7. The predicted octanol–water partition coefficient (Wildman–Crippen LogP) is 6.09. The molecule has 4 aromatic rings. The number of aryl methyl sites for hydroxylation is 1. The van der Waals surface area contributed by atoms with Crippen LogP contribution in [0.3, 0.4) is 0 Å². The number of imide groups is 1. The molecule has 1 fully saturated rings. The van der Waals surface area contributed by atoms with Crippen molar-refractivity contribution in [3.63, 3.8) is 0 Å². The van der Waals surface area contributed by atoms with Crippen molar-refractivity contribution in [2.45, 2.75) is 20.3 Å². The molecule has 2 heterocycles. The topological polar surface area (TPSA) is 93.6 Å². The number of ether oxygens (including phenoxy) is 1. The van der Waals surface area contributed by atoms with Crippen LogP contribution < -0.4 is 4.90 Å². The first-order valence-electron chi connectivity index (χ1n) is 13.7. The smallest absolute Gasteiger partial charge is 0.339 e. The van der Waals surface area contributed by atoms with Crippen LogP contribution in [0.25, 0.3) is 22.2 Å². The van der Waals surface area contributed by atoms with Gasteiger partial charge < -0.3 is 4.74 Å². The number of pyridine rings is 1. The number of carbonyl (C=O) groups is 4. The summed E-state index contributed by atoms with van der Waals surface area (Å²) in [4.78, 5) is 58.2. The molecule has 0 bridgehead atoms. The largest absolute Gasteiger partial charge is 0.454 e. The van der Waals surface area contributed by atoms with Crippen LogP contribution in [0.1, 0.15) is 39.6 Å². The first-order chi connectivity index (χ1) is 20.2. The summed E-state index contributed by atoms with van der Waals surface area (Å²) in [7, 11) is 0. The highest BCUT2D eigenvalue weighted by Gasteiger charge is 2.50. The number of rotatable bonds is 6. The van der Waals surface area contributed by atoms with Gasteiger partial charge in [0.05, 0.1) is 34.3 Å². The Bertz CT molecular complexity index is 1780. The summed E-state index contributed by atoms with van der Waals surface area (Å²) in [6, 6.07) is 19.0. The van der Waals surface area contributed by atoms with Gasteiger partial charge in [-0.05, 0) is 67.3 Å². The number of para-hydroxylation sites is 1. The Morgan fingerprint density at radius 1 is 1.00 bits per heavy atom. The van der Waals surface area contributed by atoms with Gasteiger partial charge in [0.25, 0.3) is 0 Å². The molecule has 210 valence electrons. The van der Waals surface area contributed by atoms with E-state index in [-0.39, 0.29) is 40.7 Å². The fraction of sp³-hybridized carbons (Fsp3) is 0.206. The zero-order valence-electron chi connectivity index (χ0n) is 23.0. The summed E-state index contributed by atoms with van der Waals surface area (Å²) in [6.45, 7) is 3.34. The SMILES string of the molecule is Cc1cccc2c(C(=O)OCC(=O)c3ccc(F)cc3)cc(-c3ccc(N4C(=O)C5CC=CC(C)C5C4=O)cc3)nc12. The third kappa shape index (κ3) is 4.79. The third-order valence-corrected chi connectivity index (χ3v) is 8.06. The van der Waals surface area contributed by atoms with Crippen LogP contribution in [0.5, 0.6) is 0 Å². The zero-order chi connectivity index (χ0) is 29.5. The quantitative estimate of drug-likeness (QED) is 0.122. The summed E-state index contributed by atoms with van der Waals surface area (Å²) in [5.74, 6) is -2.68. The maximum Gasteiger partial charge on any atom is 0.339 e. The first kappa shape index (κ1) is 27.2. The normalized spacial score (nSPS) is 19.7. The van der Waals surface area contributed by atoms with Crippen molar-refractivity contribution in [2.75, 3.05) is 11.5 Å². The number of hydrogen-bond donors (Lipinski definition) is 0. The van der Waals surface area contributed by atoms with Gasteiger partial charge in [0.2, 0.25) is 11.8 Å². The van der Waals surface area contributed by atoms with Crippen molar-refractivity contribution in [2.24, 2.45) is 17.8 Å². The molecule has 3 unspecified atom stereocenters. The fourth-order valence-electron chi connectivity index (χ4n) is 5.82. The number of nitrogens with zero attached hydrogens (tertiary/aromatic N) is 2. The van der Waals surface area contributed by atoms with E-state index in [9.17, 15) is 23.6 Å². The molecule has 0 spiro atoms. The Kier molecular flexibility index (Phi) is 6.98. The summed E-state index contributed by atoms with van der Waals surface area (Å²) >= 11 is 0. The molecule has 3 aromatic carbocycles. The van der Waals surface area contributed by atoms with E-state index in [1.54, 1.807) is 36.4 Å². The van der Waals surface area contributed by atoms with Crippen LogP contribution in [0, 0.1) is 30.5 Å². The highest BCUT2D eigenvalue weighted by Crippen LogP contribution is 2.40. The van der Waals surface area contributed by atoms with Gasteiger partial charge in [0, 0.05) is 16.5 Å². The number of benzene rings is 3. The lowest BCUT2D eigenvalue weighted by molar-refractivity contribution is -0.122. The van der Waals surface area contributed by atoms with Crippen molar-refractivity contribution in [3.05, 3.63) is 107 Å². The Balaban J connectivity index is 1.29. The minimum atomic E-state index is -0.695. The molecule has 0 saturated carbocycles. The molecule has 7 nitrogen and oxygen atoms in total. The standard InChI is InChI=1S/C34H27FN2O5/c1-19-5-3-8-26-30(19)33(40)37(32(26)39)24-15-11-21(12-16-24)28-17-27(25-7-4-6-20(2)31(25)36-28)34(41)42-18-29(38)22-9-13-23(35)14-10-22/h3-7,9-17,19,26,30H,8,18H2,1-2H3. The van der Waals surface area contributed by atoms with E-state index < -0.39 is 24.2 Å². The van der Waals surface area contributed by atoms with Crippen LogP contribution in [-0.2, 0) is 14.3 Å². The van der Waals surface area contributed by atoms with Crippen LogP contribution in [0.4, 0.5) is 10.1 Å². The Labute approximate surface area is 241 Å². The molecular weight excluding hydrogens is 535 g/mol. The Hall–Kier alpha value is -4.98. The highest BCUT2D eigenvalue weighted by atomic mass is 19.1. The Morgan fingerprint density at radius 3 is 2.45 bits per heavy atom. The number of fused-ring (bicyclic) bond motifs is 2. The van der Waals surface area contributed by atoms with E-state index in [1.807, 2.05) is 38.1 Å². The van der Waals surface area contributed by atoms with Crippen LogP contribution >= 0.6 is 0 Å². The number of aromatic nitrogens is 1. The van der Waals surface area contributed by atoms with E-state index in [0.29, 0.717) is 34.3 Å². The van der Waals surface area contributed by atoms with Gasteiger partial charge in [-0.3, -0.25) is 19.3 Å². The molecule has 8 heteroatoms. The lowest BCUT2D eigenvalue weighted by Gasteiger charge is -2.22. The molecule has 1 aliphatic carbocycles. The van der Waals surface area contributed by atoms with Crippen LogP contribution in [0.15, 0.2) is 84.9 Å². The molecule has 3 atom stereocenters. The van der Waals surface area contributed by atoms with Crippen LogP contribution in [0.2, 0.25) is 0 Å². The van der Waals surface area contributed by atoms with E-state index in [1.165, 1.54) is 29.2 Å². The minimum Gasteiger partial charge on any atom is -0.454 e. The monoisotopic (exact) mass is 562 g/mol. The average molecular weight is 563 g/mol. The molecule has 1 aliphatic heterocycles. The van der Waals surface area contributed by atoms with Gasteiger partial charge >= 0.3 is 5.97 Å². The van der Waals surface area contributed by atoms with Gasteiger partial charge in [0.1, 0.15) is 5.82 Å². The van der Waals surface area contributed by atoms with E-state index in [4.69, 9.17) is 9.72 Å². The number of carbonyl (C=O) groups excluding carboxylic acids is 4. The minimum absolute atomic E-state index is 0.00123. The van der Waals surface area contributed by atoms with Crippen molar-refractivity contribution >= 4 is 40.2 Å². The molecule has 1 aromatic heterocycles. The van der Waals surface area contributed by atoms with Gasteiger partial charge in [-0.2, -0.15) is 0 Å². The number of hydrogen-bond acceptors (Lipinski definition) is 6. The Morgan fingerprint density at radius 2 is 1.74 bits per heavy atom. The number of Topliss-reactive ketones (excluding diaryl/α,β-unsaturated/α-hetero) is 1. The lowest BCUT2D eigenvalue weighted by atomic mass is 9.78. The number of amides is 2. The lowest BCUT2D eigenvalue weighted by Crippen LogP contribution is -2.31. The van der Waals surface area contributed by atoms with E-state index >= 15 is 0 Å². The molecule has 2 amide bonds. The fourth-order valence-corrected chi connectivity index (χ4v) is 5.82. The maximum absolute atomic E-state index is 13.2. The van der Waals surface area contributed by atoms with Crippen molar-refractivity contribution < 1.29 is 28.3 Å². The van der Waals surface area contributed by atoms with E-state index in [2.05, 4.69) is 0 Å². The zero-order valence-corrected chi connectivity index (χ0v) is 23.0. The van der Waals surface area contributed by atoms with Gasteiger partial charge in [-0.15, -0.1) is 0 Å². The second-order valence-corrected chi connectivity index (χ2v) is 10.7. The molecular formula is C34H27FN2O5. The average Bonchev–Trinajstić information content (AvgIpc) is 3.26. The molecule has 42 heavy (non-hydrogen) atoms. The molecule has 0 radical (unpaired) electrons. The van der Waals surface area contributed by atoms with Gasteiger partial charge in [0.15, 0.2) is 12.4 Å². The number of esters is 1.